The van der Waals surface area contributed by atoms with Gasteiger partial charge in [0, 0.05) is 18.5 Å². The summed E-state index contributed by atoms with van der Waals surface area (Å²) < 4.78 is 16.4. The first-order valence-corrected chi connectivity index (χ1v) is 11.6. The van der Waals surface area contributed by atoms with E-state index in [-0.39, 0.29) is 11.7 Å². The van der Waals surface area contributed by atoms with E-state index in [1.54, 1.807) is 6.07 Å². The normalized spacial score (nSPS) is 11.1. The number of aromatic nitrogens is 2. The summed E-state index contributed by atoms with van der Waals surface area (Å²) in [6, 6.07) is 22.9. The van der Waals surface area contributed by atoms with Crippen molar-refractivity contribution in [3.05, 3.63) is 101 Å². The number of nitrogens with one attached hydrogen (secondary N) is 1. The van der Waals surface area contributed by atoms with Gasteiger partial charge in [0.25, 0.3) is 0 Å². The molecule has 0 spiro atoms. The summed E-state index contributed by atoms with van der Waals surface area (Å²) in [5, 5.41) is 3.03. The highest BCUT2D eigenvalue weighted by atomic mass is 19.1. The maximum absolute atomic E-state index is 14.3. The van der Waals surface area contributed by atoms with Gasteiger partial charge in [-0.25, -0.2) is 9.37 Å². The Morgan fingerprint density at radius 3 is 2.45 bits per heavy atom. The quantitative estimate of drug-likeness (QED) is 0.324. The summed E-state index contributed by atoms with van der Waals surface area (Å²) in [7, 11) is 0. The lowest BCUT2D eigenvalue weighted by Crippen LogP contribution is -2.26. The third-order valence-electron chi connectivity index (χ3n) is 6.03. The molecular weight excluding hydrogens is 413 g/mol. The van der Waals surface area contributed by atoms with Crippen LogP contribution in [0.3, 0.4) is 0 Å². The molecule has 0 aliphatic rings. The van der Waals surface area contributed by atoms with Gasteiger partial charge in [-0.3, -0.25) is 4.79 Å². The Balaban J connectivity index is 1.29. The lowest BCUT2D eigenvalue weighted by Gasteiger charge is -2.11. The van der Waals surface area contributed by atoms with Gasteiger partial charge in [-0.15, -0.1) is 0 Å². The Labute approximate surface area is 194 Å². The molecule has 0 saturated carbocycles. The first kappa shape index (κ1) is 22.7. The molecule has 4 rings (SSSR count). The Morgan fingerprint density at radius 1 is 0.909 bits per heavy atom. The molecule has 33 heavy (non-hydrogen) atoms. The molecule has 0 radical (unpaired) electrons. The van der Waals surface area contributed by atoms with Crippen LogP contribution in [-0.2, 0) is 24.2 Å². The number of aryl methyl sites for hydroxylation is 2. The number of hydrogen-bond acceptors (Lipinski definition) is 2. The van der Waals surface area contributed by atoms with E-state index in [0.29, 0.717) is 25.1 Å². The van der Waals surface area contributed by atoms with Gasteiger partial charge < -0.3 is 9.88 Å². The number of fused-ring (bicyclic) bond motifs is 1. The van der Waals surface area contributed by atoms with Crippen molar-refractivity contribution >= 4 is 16.9 Å². The number of imidazole rings is 1. The smallest absolute Gasteiger partial charge is 0.224 e. The molecule has 170 valence electrons. The SMILES string of the molecule is Cc1ccccc1CC(=O)NCCCCCc1nc2ccccc2n1Cc1ccccc1F. The fraction of sp³-hybridized carbons (Fsp3) is 0.286. The number of halogens is 1. The van der Waals surface area contributed by atoms with Crippen LogP contribution in [0.5, 0.6) is 0 Å². The van der Waals surface area contributed by atoms with E-state index in [1.165, 1.54) is 6.07 Å². The van der Waals surface area contributed by atoms with Crippen molar-refractivity contribution in [3.63, 3.8) is 0 Å². The van der Waals surface area contributed by atoms with Gasteiger partial charge in [-0.2, -0.15) is 0 Å². The molecular formula is C28H30FN3O. The van der Waals surface area contributed by atoms with Crippen LogP contribution in [0.2, 0.25) is 0 Å². The zero-order chi connectivity index (χ0) is 23.0. The van der Waals surface area contributed by atoms with Crippen molar-refractivity contribution < 1.29 is 9.18 Å². The minimum atomic E-state index is -0.192. The molecule has 3 aromatic carbocycles. The number of benzene rings is 3. The molecule has 0 bridgehead atoms. The van der Waals surface area contributed by atoms with Crippen molar-refractivity contribution in [2.24, 2.45) is 0 Å². The average molecular weight is 444 g/mol. The summed E-state index contributed by atoms with van der Waals surface area (Å²) in [5.41, 5.74) is 4.85. The maximum atomic E-state index is 14.3. The number of nitrogens with zero attached hydrogens (tertiary/aromatic N) is 2. The molecule has 4 nitrogen and oxygen atoms in total. The van der Waals surface area contributed by atoms with Crippen LogP contribution < -0.4 is 5.32 Å². The second kappa shape index (κ2) is 10.9. The second-order valence-corrected chi connectivity index (χ2v) is 8.46. The molecule has 0 fully saturated rings. The maximum Gasteiger partial charge on any atom is 0.224 e. The molecule has 0 aliphatic heterocycles. The molecule has 0 unspecified atom stereocenters. The lowest BCUT2D eigenvalue weighted by molar-refractivity contribution is -0.120. The average Bonchev–Trinajstić information content (AvgIpc) is 3.16. The summed E-state index contributed by atoms with van der Waals surface area (Å²) in [5.74, 6) is 0.849. The minimum absolute atomic E-state index is 0.0657. The zero-order valence-electron chi connectivity index (χ0n) is 19.1. The van der Waals surface area contributed by atoms with Crippen molar-refractivity contribution in [1.82, 2.24) is 14.9 Å². The monoisotopic (exact) mass is 443 g/mol. The lowest BCUT2D eigenvalue weighted by atomic mass is 10.1. The number of unbranched alkanes of at least 4 members (excludes halogenated alkanes) is 2. The van der Waals surface area contributed by atoms with Gasteiger partial charge in [0.05, 0.1) is 24.0 Å². The molecule has 4 aromatic rings. The molecule has 1 N–H and O–H groups in total. The number of amides is 1. The molecule has 1 amide bonds. The van der Waals surface area contributed by atoms with Crippen molar-refractivity contribution in [2.45, 2.75) is 45.6 Å². The predicted molar refractivity (Wildman–Crippen MR) is 131 cm³/mol. The topological polar surface area (TPSA) is 46.9 Å². The molecule has 1 heterocycles. The first-order valence-electron chi connectivity index (χ1n) is 11.6. The number of para-hydroxylation sites is 2. The number of hydrogen-bond donors (Lipinski definition) is 1. The number of carbonyl (C=O) groups is 1. The van der Waals surface area contributed by atoms with Crippen molar-refractivity contribution in [3.8, 4) is 0 Å². The molecule has 5 heteroatoms. The third kappa shape index (κ3) is 5.86. The summed E-state index contributed by atoms with van der Waals surface area (Å²) in [6.07, 6.45) is 4.13. The van der Waals surface area contributed by atoms with Crippen LogP contribution in [0.4, 0.5) is 4.39 Å². The van der Waals surface area contributed by atoms with Gasteiger partial charge in [0.1, 0.15) is 11.6 Å². The van der Waals surface area contributed by atoms with Crippen LogP contribution in [0.1, 0.15) is 41.8 Å². The van der Waals surface area contributed by atoms with E-state index in [4.69, 9.17) is 4.98 Å². The van der Waals surface area contributed by atoms with E-state index in [2.05, 4.69) is 9.88 Å². The third-order valence-corrected chi connectivity index (χ3v) is 6.03. The Kier molecular flexibility index (Phi) is 7.51. The number of carbonyl (C=O) groups excluding carboxylic acids is 1. The molecule has 0 atom stereocenters. The van der Waals surface area contributed by atoms with E-state index >= 15 is 0 Å². The summed E-state index contributed by atoms with van der Waals surface area (Å²) >= 11 is 0. The van der Waals surface area contributed by atoms with Gasteiger partial charge in [0.15, 0.2) is 0 Å². The Morgan fingerprint density at radius 2 is 1.64 bits per heavy atom. The van der Waals surface area contributed by atoms with Crippen LogP contribution in [0.15, 0.2) is 72.8 Å². The fourth-order valence-corrected chi connectivity index (χ4v) is 4.15. The van der Waals surface area contributed by atoms with Crippen molar-refractivity contribution in [2.75, 3.05) is 6.54 Å². The van der Waals surface area contributed by atoms with Gasteiger partial charge >= 0.3 is 0 Å². The van der Waals surface area contributed by atoms with Gasteiger partial charge in [-0.05, 0) is 49.1 Å². The van der Waals surface area contributed by atoms with Crippen LogP contribution in [0.25, 0.3) is 11.0 Å². The molecule has 0 aliphatic carbocycles. The zero-order valence-corrected chi connectivity index (χ0v) is 19.1. The highest BCUT2D eigenvalue weighted by molar-refractivity contribution is 5.79. The Bertz CT molecular complexity index is 1230. The highest BCUT2D eigenvalue weighted by Crippen LogP contribution is 2.20. The largest absolute Gasteiger partial charge is 0.356 e. The molecule has 0 saturated heterocycles. The predicted octanol–water partition coefficient (Wildman–Crippen LogP) is 5.60. The summed E-state index contributed by atoms with van der Waals surface area (Å²) in [6.45, 7) is 3.18. The Hall–Kier alpha value is -3.47. The van der Waals surface area contributed by atoms with E-state index < -0.39 is 0 Å². The van der Waals surface area contributed by atoms with Gasteiger partial charge in [0.2, 0.25) is 5.91 Å². The van der Waals surface area contributed by atoms with Gasteiger partial charge in [-0.1, -0.05) is 61.0 Å². The van der Waals surface area contributed by atoms with Crippen LogP contribution in [-0.4, -0.2) is 22.0 Å². The highest BCUT2D eigenvalue weighted by Gasteiger charge is 2.12. The second-order valence-electron chi connectivity index (χ2n) is 8.46. The number of rotatable bonds is 10. The van der Waals surface area contributed by atoms with E-state index in [1.807, 2.05) is 67.6 Å². The van der Waals surface area contributed by atoms with Crippen molar-refractivity contribution in [1.29, 1.82) is 0 Å². The first-order chi connectivity index (χ1) is 16.1. The van der Waals surface area contributed by atoms with E-state index in [0.717, 1.165) is 53.7 Å². The van der Waals surface area contributed by atoms with E-state index in [9.17, 15) is 9.18 Å². The van der Waals surface area contributed by atoms with Crippen LogP contribution >= 0.6 is 0 Å². The molecule has 1 aromatic heterocycles. The standard InChI is InChI=1S/C28H30FN3O/c1-21-11-4-5-12-22(21)19-28(33)30-18-10-2-3-17-27-31-25-15-8-9-16-26(25)32(27)20-23-13-6-7-14-24(23)29/h4-9,11-16H,2-3,10,17-20H2,1H3,(H,30,33). The summed E-state index contributed by atoms with van der Waals surface area (Å²) in [4.78, 5) is 17.0. The van der Waals surface area contributed by atoms with Crippen LogP contribution in [0, 0.1) is 12.7 Å². The minimum Gasteiger partial charge on any atom is -0.356 e. The fourth-order valence-electron chi connectivity index (χ4n) is 4.15.